The molecule has 2 aliphatic rings. The molecule has 12 heteroatoms. The Morgan fingerprint density at radius 3 is 2.62 bits per heavy atom. The van der Waals surface area contributed by atoms with Gasteiger partial charge in [0.1, 0.15) is 16.3 Å². The van der Waals surface area contributed by atoms with Gasteiger partial charge < -0.3 is 9.64 Å². The second-order valence-corrected chi connectivity index (χ2v) is 10.7. The van der Waals surface area contributed by atoms with E-state index in [1.807, 2.05) is 31.2 Å². The average molecular weight is 533 g/mol. The van der Waals surface area contributed by atoms with Crippen molar-refractivity contribution >= 4 is 26.8 Å². The summed E-state index contributed by atoms with van der Waals surface area (Å²) in [5.74, 6) is -0.591. The lowest BCUT2D eigenvalue weighted by atomic mass is 9.92. The summed E-state index contributed by atoms with van der Waals surface area (Å²) in [7, 11) is 3.66. The van der Waals surface area contributed by atoms with Gasteiger partial charge in [0.15, 0.2) is 10.8 Å². The number of anilines is 1. The molecule has 0 bridgehead atoms. The first kappa shape index (κ1) is 24.2. The third kappa shape index (κ3) is 4.68. The van der Waals surface area contributed by atoms with Gasteiger partial charge in [0.2, 0.25) is 0 Å². The quantitative estimate of drug-likeness (QED) is 0.288. The summed E-state index contributed by atoms with van der Waals surface area (Å²) in [6, 6.07) is 2.99. The van der Waals surface area contributed by atoms with Crippen molar-refractivity contribution in [2.75, 3.05) is 25.6 Å². The first-order valence-corrected chi connectivity index (χ1v) is 12.9. The van der Waals surface area contributed by atoms with Crippen molar-refractivity contribution in [2.24, 2.45) is 0 Å². The minimum absolute atomic E-state index is 0.00933. The minimum atomic E-state index is -4.64. The maximum absolute atomic E-state index is 15.1. The van der Waals surface area contributed by atoms with Crippen LogP contribution in [0, 0.1) is 5.82 Å². The summed E-state index contributed by atoms with van der Waals surface area (Å²) in [6.45, 7) is 0.495. The van der Waals surface area contributed by atoms with Gasteiger partial charge in [-0.2, -0.15) is 23.3 Å². The number of thiazole rings is 1. The van der Waals surface area contributed by atoms with Crippen molar-refractivity contribution in [3.05, 3.63) is 53.4 Å². The van der Waals surface area contributed by atoms with Crippen molar-refractivity contribution in [3.8, 4) is 11.3 Å². The molecule has 1 aliphatic heterocycles. The summed E-state index contributed by atoms with van der Waals surface area (Å²) < 4.78 is 63.1. The summed E-state index contributed by atoms with van der Waals surface area (Å²) in [5, 5.41) is 5.12. The number of benzene rings is 1. The van der Waals surface area contributed by atoms with E-state index in [2.05, 4.69) is 10.1 Å². The number of ether oxygens (including phenoxy) is 1. The monoisotopic (exact) mass is 532 g/mol. The maximum Gasteiger partial charge on any atom is 0.416 e. The van der Waals surface area contributed by atoms with Crippen LogP contribution in [0.25, 0.3) is 21.6 Å². The standard InChI is InChI=1S/C25H24F4N6OS/c1-34(2)24-33-23-21(37-24)20(17-6-3-15(10-18(17)26)25(27,28)29)31-22(32-23)13-7-8-36-19(9-13)14-11-30-35(12-14)16-4-5-16/h3,6,10-13,16,19H,4-5,7-9H2,1-2H3/t13-,19+/m1/s1. The zero-order valence-corrected chi connectivity index (χ0v) is 21.0. The van der Waals surface area contributed by atoms with E-state index in [4.69, 9.17) is 14.7 Å². The number of nitrogens with zero attached hydrogens (tertiary/aromatic N) is 6. The van der Waals surface area contributed by atoms with Crippen LogP contribution in [-0.4, -0.2) is 45.4 Å². The van der Waals surface area contributed by atoms with Gasteiger partial charge in [0.05, 0.1) is 29.6 Å². The molecule has 6 rings (SSSR count). The van der Waals surface area contributed by atoms with Gasteiger partial charge >= 0.3 is 6.18 Å². The molecule has 2 fully saturated rings. The highest BCUT2D eigenvalue weighted by Gasteiger charge is 2.33. The molecule has 1 saturated heterocycles. The number of fused-ring (bicyclic) bond motifs is 1. The molecular formula is C25H24F4N6OS. The molecule has 0 amide bonds. The molecule has 0 radical (unpaired) electrons. The highest BCUT2D eigenvalue weighted by molar-refractivity contribution is 7.22. The number of hydrogen-bond acceptors (Lipinski definition) is 7. The average Bonchev–Trinajstić information content (AvgIpc) is 3.42. The molecule has 1 aliphatic carbocycles. The summed E-state index contributed by atoms with van der Waals surface area (Å²) in [6.07, 6.45) is 2.59. The van der Waals surface area contributed by atoms with Crippen LogP contribution >= 0.6 is 11.3 Å². The van der Waals surface area contributed by atoms with Crippen LogP contribution in [0.3, 0.4) is 0 Å². The molecule has 1 saturated carbocycles. The lowest BCUT2D eigenvalue weighted by molar-refractivity contribution is -0.137. The number of halogens is 4. The molecule has 1 aromatic carbocycles. The maximum atomic E-state index is 15.1. The SMILES string of the molecule is CN(C)c1nc2nc([C@@H]3CCO[C@H](c4cnn(C5CC5)c4)C3)nc(-c3ccc(C(F)(F)F)cc3F)c2s1. The van der Waals surface area contributed by atoms with Gasteiger partial charge in [-0.05, 0) is 43.9 Å². The number of rotatable bonds is 5. The number of aromatic nitrogens is 5. The molecule has 2 atom stereocenters. The van der Waals surface area contributed by atoms with Crippen LogP contribution in [0.15, 0.2) is 30.6 Å². The van der Waals surface area contributed by atoms with E-state index < -0.39 is 17.6 Å². The Balaban J connectivity index is 1.39. The van der Waals surface area contributed by atoms with Crippen LogP contribution in [0.1, 0.15) is 60.7 Å². The molecule has 0 spiro atoms. The predicted octanol–water partition coefficient (Wildman–Crippen LogP) is 6.14. The van der Waals surface area contributed by atoms with E-state index in [9.17, 15) is 13.2 Å². The lowest BCUT2D eigenvalue weighted by Gasteiger charge is -2.28. The topological polar surface area (TPSA) is 69.0 Å². The summed E-state index contributed by atoms with van der Waals surface area (Å²) in [5.41, 5.74) is 0.593. The van der Waals surface area contributed by atoms with Gasteiger partial charge in [0.25, 0.3) is 0 Å². The molecule has 7 nitrogen and oxygen atoms in total. The van der Waals surface area contributed by atoms with Crippen molar-refractivity contribution < 1.29 is 22.3 Å². The van der Waals surface area contributed by atoms with E-state index in [-0.39, 0.29) is 23.3 Å². The first-order valence-electron chi connectivity index (χ1n) is 12.1. The Kier molecular flexibility index (Phi) is 5.90. The minimum Gasteiger partial charge on any atom is -0.373 e. The molecule has 194 valence electrons. The molecular weight excluding hydrogens is 508 g/mol. The van der Waals surface area contributed by atoms with Crippen molar-refractivity contribution in [1.29, 1.82) is 0 Å². The zero-order valence-electron chi connectivity index (χ0n) is 20.2. The van der Waals surface area contributed by atoms with Gasteiger partial charge in [0, 0.05) is 43.9 Å². The smallest absolute Gasteiger partial charge is 0.373 e. The summed E-state index contributed by atoms with van der Waals surface area (Å²) >= 11 is 1.27. The third-order valence-electron chi connectivity index (χ3n) is 6.76. The number of hydrogen-bond donors (Lipinski definition) is 0. The molecule has 3 aromatic heterocycles. The molecule has 37 heavy (non-hydrogen) atoms. The van der Waals surface area contributed by atoms with Crippen LogP contribution in [0.4, 0.5) is 22.7 Å². The first-order chi connectivity index (χ1) is 17.7. The van der Waals surface area contributed by atoms with Gasteiger partial charge in [-0.25, -0.2) is 14.4 Å². The third-order valence-corrected chi connectivity index (χ3v) is 7.98. The van der Waals surface area contributed by atoms with E-state index in [0.29, 0.717) is 52.9 Å². The van der Waals surface area contributed by atoms with E-state index in [1.54, 1.807) is 4.90 Å². The van der Waals surface area contributed by atoms with Crippen LogP contribution in [0.5, 0.6) is 0 Å². The fraction of sp³-hybridized carbons (Fsp3) is 0.440. The number of alkyl halides is 3. The Bertz CT molecular complexity index is 1460. The van der Waals surface area contributed by atoms with Crippen molar-refractivity contribution in [1.82, 2.24) is 24.7 Å². The Hall–Kier alpha value is -3.12. The largest absolute Gasteiger partial charge is 0.416 e. The lowest BCUT2D eigenvalue weighted by Crippen LogP contribution is -2.20. The molecule has 0 unspecified atom stereocenters. The molecule has 0 N–H and O–H groups in total. The van der Waals surface area contributed by atoms with Crippen LogP contribution < -0.4 is 4.90 Å². The van der Waals surface area contributed by atoms with E-state index in [0.717, 1.165) is 30.5 Å². The molecule has 4 aromatic rings. The Labute approximate surface area is 214 Å². The zero-order chi connectivity index (χ0) is 25.9. The fourth-order valence-corrected chi connectivity index (χ4v) is 5.52. The van der Waals surface area contributed by atoms with E-state index in [1.165, 1.54) is 11.3 Å². The van der Waals surface area contributed by atoms with Gasteiger partial charge in [-0.15, -0.1) is 0 Å². The van der Waals surface area contributed by atoms with Crippen molar-refractivity contribution in [3.63, 3.8) is 0 Å². The van der Waals surface area contributed by atoms with Crippen LogP contribution in [-0.2, 0) is 10.9 Å². The predicted molar refractivity (Wildman–Crippen MR) is 131 cm³/mol. The Morgan fingerprint density at radius 2 is 1.92 bits per heavy atom. The second kappa shape index (κ2) is 9.02. The van der Waals surface area contributed by atoms with Crippen molar-refractivity contribution in [2.45, 2.75) is 49.9 Å². The highest BCUT2D eigenvalue weighted by Crippen LogP contribution is 2.42. The van der Waals surface area contributed by atoms with Gasteiger partial charge in [-0.3, -0.25) is 4.68 Å². The summed E-state index contributed by atoms with van der Waals surface area (Å²) in [4.78, 5) is 15.9. The Morgan fingerprint density at radius 1 is 1.11 bits per heavy atom. The van der Waals surface area contributed by atoms with Gasteiger partial charge in [-0.1, -0.05) is 11.3 Å². The van der Waals surface area contributed by atoms with Crippen LogP contribution in [0.2, 0.25) is 0 Å². The molecule has 4 heterocycles. The fourth-order valence-electron chi connectivity index (χ4n) is 4.59. The highest BCUT2D eigenvalue weighted by atomic mass is 32.1. The normalized spacial score (nSPS) is 20.5. The van der Waals surface area contributed by atoms with E-state index >= 15 is 4.39 Å². The second-order valence-electron chi connectivity index (χ2n) is 9.73.